The van der Waals surface area contributed by atoms with E-state index in [1.807, 2.05) is 6.07 Å². The highest BCUT2D eigenvalue weighted by Gasteiger charge is 2.36. The summed E-state index contributed by atoms with van der Waals surface area (Å²) in [4.78, 5) is 45.8. The first-order valence-corrected chi connectivity index (χ1v) is 15.1. The quantitative estimate of drug-likeness (QED) is 0.234. The summed E-state index contributed by atoms with van der Waals surface area (Å²) in [5.41, 5.74) is -0.827. The van der Waals surface area contributed by atoms with Crippen LogP contribution in [-0.2, 0) is 16.1 Å². The number of aromatic nitrogens is 3. The lowest BCUT2D eigenvalue weighted by Gasteiger charge is -2.28. The Balaban J connectivity index is 1.41. The molecule has 0 aliphatic heterocycles. The van der Waals surface area contributed by atoms with E-state index in [9.17, 15) is 14.4 Å². The molecule has 1 unspecified atom stereocenters. The van der Waals surface area contributed by atoms with Gasteiger partial charge in [0, 0.05) is 29.8 Å². The predicted molar refractivity (Wildman–Crippen MR) is 176 cm³/mol. The van der Waals surface area contributed by atoms with E-state index in [1.165, 1.54) is 17.7 Å². The minimum atomic E-state index is -1.98. The van der Waals surface area contributed by atoms with Gasteiger partial charge in [0.05, 0.1) is 37.1 Å². The highest BCUT2D eigenvalue weighted by molar-refractivity contribution is 5.96. The number of alkyl halides is 1. The Labute approximate surface area is 271 Å². The number of likely N-dealkylation sites (N-methyl/N-ethyl adjacent to an activating group) is 1. The predicted octanol–water partition coefficient (Wildman–Crippen LogP) is 4.71. The molecular formula is C35H38FN5O6. The van der Waals surface area contributed by atoms with Crippen molar-refractivity contribution in [3.05, 3.63) is 106 Å². The molecule has 0 fully saturated rings. The molecule has 1 N–H and O–H groups in total. The van der Waals surface area contributed by atoms with Crippen molar-refractivity contribution < 1.29 is 28.2 Å². The number of esters is 1. The molecule has 246 valence electrons. The van der Waals surface area contributed by atoms with Crippen molar-refractivity contribution in [3.8, 4) is 17.2 Å². The summed E-state index contributed by atoms with van der Waals surface area (Å²) in [6.45, 7) is 4.96. The number of hydrogen-bond donors (Lipinski definition) is 1. The molecular weight excluding hydrogens is 605 g/mol. The summed E-state index contributed by atoms with van der Waals surface area (Å²) < 4.78 is 36.0. The molecule has 2 heterocycles. The van der Waals surface area contributed by atoms with Crippen molar-refractivity contribution in [1.29, 1.82) is 0 Å². The van der Waals surface area contributed by atoms with Crippen LogP contribution in [0.15, 0.2) is 89.2 Å². The van der Waals surface area contributed by atoms with Crippen LogP contribution in [0.1, 0.15) is 36.3 Å². The molecule has 0 saturated carbocycles. The Morgan fingerprint density at radius 2 is 1.87 bits per heavy atom. The Hall–Kier alpha value is -5.23. The zero-order chi connectivity index (χ0) is 33.9. The number of rotatable bonds is 11. The maximum absolute atomic E-state index is 16.1. The van der Waals surface area contributed by atoms with Gasteiger partial charge in [-0.2, -0.15) is 0 Å². The van der Waals surface area contributed by atoms with Crippen LogP contribution in [0.2, 0.25) is 0 Å². The lowest BCUT2D eigenvalue weighted by Crippen LogP contribution is -2.35. The van der Waals surface area contributed by atoms with Gasteiger partial charge in [-0.25, -0.2) is 9.07 Å². The number of nitrogens with zero attached hydrogens (tertiary/aromatic N) is 4. The molecule has 5 rings (SSSR count). The number of carbonyl (C=O) groups is 2. The second kappa shape index (κ2) is 13.6. The topological polar surface area (TPSA) is 117 Å². The number of carbonyl (C=O) groups excluding carboxylic acids is 2. The molecule has 0 spiro atoms. The lowest BCUT2D eigenvalue weighted by molar-refractivity contribution is -0.149. The number of ether oxygens (including phenoxy) is 3. The molecule has 1 amide bonds. The Bertz CT molecular complexity index is 1930. The lowest BCUT2D eigenvalue weighted by atomic mass is 9.94. The number of allylic oxidation sites excluding steroid dienone is 4. The number of nitrogens with one attached hydrogen (secondary N) is 1. The summed E-state index contributed by atoms with van der Waals surface area (Å²) in [5.74, 6) is 0.0315. The number of pyridine rings is 1. The first-order valence-electron chi connectivity index (χ1n) is 15.1. The van der Waals surface area contributed by atoms with Gasteiger partial charge in [0.1, 0.15) is 28.9 Å². The third kappa shape index (κ3) is 7.28. The zero-order valence-corrected chi connectivity index (χ0v) is 27.2. The molecule has 4 aromatic rings. The second-order valence-corrected chi connectivity index (χ2v) is 11.9. The van der Waals surface area contributed by atoms with Crippen molar-refractivity contribution in [3.63, 3.8) is 0 Å². The maximum atomic E-state index is 16.1. The SMILES string of the molecule is COc1ccc2c(OC3=CC=C(NC(=O)c4c(C)n(C[C@H](C)OC(=O)CN(C)C)n(-c5ccccc5)c4=O)CC3(C)F)ccnc2c1. The normalized spacial score (nSPS) is 16.8. The average molecular weight is 644 g/mol. The number of methoxy groups -OCH3 is 1. The van der Waals surface area contributed by atoms with Gasteiger partial charge in [0.15, 0.2) is 5.67 Å². The van der Waals surface area contributed by atoms with Crippen LogP contribution < -0.4 is 20.3 Å². The number of para-hydroxylation sites is 1. The van der Waals surface area contributed by atoms with Crippen LogP contribution in [0.3, 0.4) is 0 Å². The summed E-state index contributed by atoms with van der Waals surface area (Å²) in [5, 5.41) is 3.42. The van der Waals surface area contributed by atoms with Gasteiger partial charge < -0.3 is 19.5 Å². The molecule has 0 radical (unpaired) electrons. The minimum Gasteiger partial charge on any atom is -0.497 e. The standard InChI is InChI=1S/C35H38FN5O6/c1-22(46-31(42)21-39(4)5)20-40-23(2)32(34(44)41(40)25-10-8-7-9-11-25)33(43)38-24-12-15-30(35(3,36)19-24)47-29-16-17-37-28-18-26(45-6)13-14-27(28)29/h7-18,22H,19-21H2,1-6H3,(H,38,43)/t22-,35?/m0/s1. The summed E-state index contributed by atoms with van der Waals surface area (Å²) in [6.07, 6.45) is 3.81. The Morgan fingerprint density at radius 1 is 1.13 bits per heavy atom. The molecule has 47 heavy (non-hydrogen) atoms. The van der Waals surface area contributed by atoms with Gasteiger partial charge in [-0.05, 0) is 77.4 Å². The van der Waals surface area contributed by atoms with Crippen LogP contribution in [0.4, 0.5) is 4.39 Å². The van der Waals surface area contributed by atoms with E-state index in [0.717, 1.165) is 0 Å². The van der Waals surface area contributed by atoms with E-state index in [0.29, 0.717) is 33.8 Å². The molecule has 2 aromatic carbocycles. The molecule has 2 aromatic heterocycles. The van der Waals surface area contributed by atoms with Crippen molar-refractivity contribution >= 4 is 22.8 Å². The Kier molecular flexibility index (Phi) is 9.61. The maximum Gasteiger partial charge on any atom is 0.320 e. The van der Waals surface area contributed by atoms with Gasteiger partial charge in [0.25, 0.3) is 11.5 Å². The van der Waals surface area contributed by atoms with E-state index >= 15 is 4.39 Å². The fourth-order valence-electron chi connectivity index (χ4n) is 5.48. The molecule has 2 atom stereocenters. The van der Waals surface area contributed by atoms with Gasteiger partial charge in [-0.1, -0.05) is 18.2 Å². The van der Waals surface area contributed by atoms with E-state index in [2.05, 4.69) is 10.3 Å². The third-order valence-electron chi connectivity index (χ3n) is 7.71. The molecule has 11 nitrogen and oxygen atoms in total. The smallest absolute Gasteiger partial charge is 0.320 e. The molecule has 1 aliphatic rings. The Morgan fingerprint density at radius 3 is 2.55 bits per heavy atom. The summed E-state index contributed by atoms with van der Waals surface area (Å²) in [7, 11) is 5.09. The number of halogens is 1. The van der Waals surface area contributed by atoms with Gasteiger partial charge in [-0.3, -0.25) is 28.9 Å². The van der Waals surface area contributed by atoms with Crippen molar-refractivity contribution in [2.75, 3.05) is 27.7 Å². The highest BCUT2D eigenvalue weighted by Crippen LogP contribution is 2.36. The molecule has 0 saturated heterocycles. The number of benzene rings is 2. The van der Waals surface area contributed by atoms with E-state index in [4.69, 9.17) is 14.2 Å². The van der Waals surface area contributed by atoms with Gasteiger partial charge >= 0.3 is 5.97 Å². The minimum absolute atomic E-state index is 0.0605. The third-order valence-corrected chi connectivity index (χ3v) is 7.71. The van der Waals surface area contributed by atoms with Crippen LogP contribution in [0.25, 0.3) is 16.6 Å². The molecule has 1 aliphatic carbocycles. The van der Waals surface area contributed by atoms with Crippen LogP contribution in [0, 0.1) is 6.92 Å². The number of amides is 1. The van der Waals surface area contributed by atoms with E-state index in [1.54, 1.807) is 105 Å². The van der Waals surface area contributed by atoms with Crippen molar-refractivity contribution in [2.45, 2.75) is 45.5 Å². The average Bonchev–Trinajstić information content (AvgIpc) is 3.26. The summed E-state index contributed by atoms with van der Waals surface area (Å²) in [6, 6.07) is 15.8. The summed E-state index contributed by atoms with van der Waals surface area (Å²) >= 11 is 0. The fourth-order valence-corrected chi connectivity index (χ4v) is 5.48. The number of fused-ring (bicyclic) bond motifs is 1. The van der Waals surface area contributed by atoms with Crippen molar-refractivity contribution in [2.24, 2.45) is 0 Å². The van der Waals surface area contributed by atoms with E-state index in [-0.39, 0.29) is 36.5 Å². The number of hydrogen-bond acceptors (Lipinski definition) is 8. The zero-order valence-electron chi connectivity index (χ0n) is 27.2. The van der Waals surface area contributed by atoms with Crippen LogP contribution in [-0.4, -0.2) is 70.6 Å². The van der Waals surface area contributed by atoms with Crippen LogP contribution in [0.5, 0.6) is 11.5 Å². The second-order valence-electron chi connectivity index (χ2n) is 11.9. The van der Waals surface area contributed by atoms with Gasteiger partial charge in [-0.15, -0.1) is 0 Å². The van der Waals surface area contributed by atoms with Crippen LogP contribution >= 0.6 is 0 Å². The fraction of sp³-hybridized carbons (Fsp3) is 0.314. The molecule has 0 bridgehead atoms. The first-order chi connectivity index (χ1) is 22.4. The van der Waals surface area contributed by atoms with E-state index < -0.39 is 29.2 Å². The van der Waals surface area contributed by atoms with Gasteiger partial charge in [0.2, 0.25) is 0 Å². The molecule has 12 heteroatoms. The highest BCUT2D eigenvalue weighted by atomic mass is 19.1. The first kappa shape index (κ1) is 33.1. The largest absolute Gasteiger partial charge is 0.497 e. The monoisotopic (exact) mass is 643 g/mol. The van der Waals surface area contributed by atoms with Crippen molar-refractivity contribution in [1.82, 2.24) is 24.6 Å².